The summed E-state index contributed by atoms with van der Waals surface area (Å²) < 4.78 is 55.7. The van der Waals surface area contributed by atoms with Crippen molar-refractivity contribution in [3.63, 3.8) is 0 Å². The van der Waals surface area contributed by atoms with Gasteiger partial charge in [0.1, 0.15) is 18.4 Å². The molecule has 0 saturated carbocycles. The molecule has 196 valence electrons. The maximum absolute atomic E-state index is 14.1. The molecular weight excluding hydrogens is 492 g/mol. The van der Waals surface area contributed by atoms with Gasteiger partial charge in [0.25, 0.3) is 5.91 Å². The minimum atomic E-state index is -4.46. The highest BCUT2D eigenvalue weighted by atomic mass is 19.4. The number of piperidine rings is 1. The molecule has 2 amide bonds. The Balaban J connectivity index is 1.33. The molecular formula is C25H26F4N6O2. The average Bonchev–Trinajstić information content (AvgIpc) is 3.51. The van der Waals surface area contributed by atoms with Gasteiger partial charge in [0.15, 0.2) is 5.82 Å². The van der Waals surface area contributed by atoms with Crippen LogP contribution in [0.3, 0.4) is 0 Å². The second-order valence-corrected chi connectivity index (χ2v) is 9.50. The molecule has 2 fully saturated rings. The quantitative estimate of drug-likeness (QED) is 0.531. The lowest BCUT2D eigenvalue weighted by atomic mass is 9.91. The highest BCUT2D eigenvalue weighted by molar-refractivity contribution is 5.95. The SMILES string of the molecule is Nc1cc(C(=O)N2CCC(c3nn(CC(=O)N4CCC[C@H]4C(F)(F)F)c4ccccc34)CC2)c(F)cn1. The summed E-state index contributed by atoms with van der Waals surface area (Å²) in [6.07, 6.45) is -2.19. The van der Waals surface area contributed by atoms with E-state index in [4.69, 9.17) is 5.73 Å². The van der Waals surface area contributed by atoms with Gasteiger partial charge in [-0.15, -0.1) is 0 Å². The number of carbonyl (C=O) groups excluding carboxylic acids is 2. The fourth-order valence-corrected chi connectivity index (χ4v) is 5.34. The van der Waals surface area contributed by atoms with Crippen molar-refractivity contribution in [3.8, 4) is 0 Å². The van der Waals surface area contributed by atoms with Crippen LogP contribution in [0, 0.1) is 5.82 Å². The third-order valence-electron chi connectivity index (χ3n) is 7.20. The number of alkyl halides is 3. The van der Waals surface area contributed by atoms with E-state index >= 15 is 0 Å². The van der Waals surface area contributed by atoms with Crippen molar-refractivity contribution >= 4 is 28.5 Å². The maximum Gasteiger partial charge on any atom is 0.408 e. The van der Waals surface area contributed by atoms with E-state index in [-0.39, 0.29) is 36.8 Å². The average molecular weight is 519 g/mol. The molecule has 2 saturated heterocycles. The van der Waals surface area contributed by atoms with Crippen LogP contribution in [-0.4, -0.2) is 68.2 Å². The summed E-state index contributed by atoms with van der Waals surface area (Å²) in [5.41, 5.74) is 6.89. The lowest BCUT2D eigenvalue weighted by Gasteiger charge is -2.31. The molecule has 1 aromatic carbocycles. The van der Waals surface area contributed by atoms with E-state index in [1.165, 1.54) is 10.7 Å². The molecule has 5 rings (SSSR count). The Hall–Kier alpha value is -3.70. The van der Waals surface area contributed by atoms with Crippen LogP contribution in [0.2, 0.25) is 0 Å². The molecule has 2 aliphatic rings. The lowest BCUT2D eigenvalue weighted by molar-refractivity contribution is -0.183. The van der Waals surface area contributed by atoms with Gasteiger partial charge in [-0.2, -0.15) is 18.3 Å². The summed E-state index contributed by atoms with van der Waals surface area (Å²) in [5.74, 6) is -1.79. The second kappa shape index (κ2) is 9.64. The number of hydrogen-bond donors (Lipinski definition) is 1. The Morgan fingerprint density at radius 1 is 1.08 bits per heavy atom. The number of nitrogen functional groups attached to an aromatic ring is 1. The van der Waals surface area contributed by atoms with Crippen LogP contribution in [-0.2, 0) is 11.3 Å². The monoisotopic (exact) mass is 518 g/mol. The van der Waals surface area contributed by atoms with Gasteiger partial charge in [-0.1, -0.05) is 18.2 Å². The van der Waals surface area contributed by atoms with Crippen molar-refractivity contribution in [1.29, 1.82) is 0 Å². The summed E-state index contributed by atoms with van der Waals surface area (Å²) in [7, 11) is 0. The van der Waals surface area contributed by atoms with Crippen molar-refractivity contribution in [2.75, 3.05) is 25.4 Å². The zero-order valence-electron chi connectivity index (χ0n) is 19.9. The lowest BCUT2D eigenvalue weighted by Crippen LogP contribution is -2.45. The fraction of sp³-hybridized carbons (Fsp3) is 0.440. The number of anilines is 1. The number of nitrogens with two attached hydrogens (primary N) is 1. The van der Waals surface area contributed by atoms with Crippen LogP contribution in [0.5, 0.6) is 0 Å². The Labute approximate surface area is 210 Å². The molecule has 8 nitrogen and oxygen atoms in total. The topological polar surface area (TPSA) is 97.3 Å². The van der Waals surface area contributed by atoms with E-state index in [1.54, 1.807) is 17.0 Å². The van der Waals surface area contributed by atoms with Gasteiger partial charge in [0.2, 0.25) is 5.91 Å². The molecule has 0 spiro atoms. The Morgan fingerprint density at radius 3 is 2.54 bits per heavy atom. The van der Waals surface area contributed by atoms with Crippen molar-refractivity contribution < 1.29 is 27.2 Å². The number of para-hydroxylation sites is 1. The van der Waals surface area contributed by atoms with E-state index in [9.17, 15) is 27.2 Å². The molecule has 3 aromatic rings. The molecule has 2 aromatic heterocycles. The van der Waals surface area contributed by atoms with Crippen LogP contribution in [0.15, 0.2) is 36.5 Å². The summed E-state index contributed by atoms with van der Waals surface area (Å²) in [4.78, 5) is 31.8. The van der Waals surface area contributed by atoms with E-state index in [2.05, 4.69) is 10.1 Å². The number of aromatic nitrogens is 3. The van der Waals surface area contributed by atoms with Crippen LogP contribution < -0.4 is 5.73 Å². The first kappa shape index (κ1) is 25.0. The normalized spacial score (nSPS) is 19.1. The molecule has 0 aliphatic carbocycles. The zero-order chi connectivity index (χ0) is 26.3. The van der Waals surface area contributed by atoms with Gasteiger partial charge in [0.05, 0.1) is 23.0 Å². The number of rotatable bonds is 4. The van der Waals surface area contributed by atoms with Crippen molar-refractivity contribution in [2.24, 2.45) is 0 Å². The largest absolute Gasteiger partial charge is 0.408 e. The summed E-state index contributed by atoms with van der Waals surface area (Å²) in [5, 5.41) is 5.49. The minimum absolute atomic E-state index is 0.0348. The van der Waals surface area contributed by atoms with Crippen molar-refractivity contribution in [3.05, 3.63) is 53.6 Å². The highest BCUT2D eigenvalue weighted by Crippen LogP contribution is 2.35. The number of halogens is 4. The van der Waals surface area contributed by atoms with E-state index in [0.29, 0.717) is 37.9 Å². The Morgan fingerprint density at radius 2 is 1.81 bits per heavy atom. The van der Waals surface area contributed by atoms with Crippen molar-refractivity contribution in [2.45, 2.75) is 50.4 Å². The number of fused-ring (bicyclic) bond motifs is 1. The summed E-state index contributed by atoms with van der Waals surface area (Å²) in [6, 6.07) is 6.76. The smallest absolute Gasteiger partial charge is 0.384 e. The number of amides is 2. The first-order valence-corrected chi connectivity index (χ1v) is 12.2. The molecule has 0 bridgehead atoms. The van der Waals surface area contributed by atoms with Gasteiger partial charge in [0, 0.05) is 30.9 Å². The molecule has 37 heavy (non-hydrogen) atoms. The third-order valence-corrected chi connectivity index (χ3v) is 7.20. The molecule has 0 radical (unpaired) electrons. The van der Waals surface area contributed by atoms with Crippen LogP contribution in [0.4, 0.5) is 23.4 Å². The van der Waals surface area contributed by atoms with Crippen LogP contribution in [0.25, 0.3) is 10.9 Å². The van der Waals surface area contributed by atoms with Gasteiger partial charge in [-0.25, -0.2) is 9.37 Å². The van der Waals surface area contributed by atoms with Crippen molar-refractivity contribution in [1.82, 2.24) is 24.6 Å². The Kier molecular flexibility index (Phi) is 6.50. The van der Waals surface area contributed by atoms with Gasteiger partial charge < -0.3 is 15.5 Å². The first-order chi connectivity index (χ1) is 17.6. The standard InChI is InChI=1S/C25H26F4N6O2/c26-18-13-31-21(30)12-17(18)24(37)33-10-7-15(8-11-33)23-16-4-1-2-5-19(16)35(32-23)14-22(36)34-9-3-6-20(34)25(27,28)29/h1-2,4-5,12-13,15,20H,3,6-11,14H2,(H2,30,31)/t20-/m0/s1. The molecule has 12 heteroatoms. The number of likely N-dealkylation sites (tertiary alicyclic amines) is 2. The number of carbonyl (C=O) groups is 2. The highest BCUT2D eigenvalue weighted by Gasteiger charge is 2.47. The Bertz CT molecular complexity index is 1330. The van der Waals surface area contributed by atoms with Crippen LogP contribution >= 0.6 is 0 Å². The zero-order valence-corrected chi connectivity index (χ0v) is 19.9. The fourth-order valence-electron chi connectivity index (χ4n) is 5.34. The summed E-state index contributed by atoms with van der Waals surface area (Å²) in [6.45, 7) is 0.525. The predicted octanol–water partition coefficient (Wildman–Crippen LogP) is 3.73. The second-order valence-electron chi connectivity index (χ2n) is 9.50. The minimum Gasteiger partial charge on any atom is -0.384 e. The molecule has 1 atom stereocenters. The number of benzene rings is 1. The third kappa shape index (κ3) is 4.84. The number of pyridine rings is 1. The summed E-state index contributed by atoms with van der Waals surface area (Å²) >= 11 is 0. The van der Waals surface area contributed by atoms with Gasteiger partial charge >= 0.3 is 6.18 Å². The molecule has 0 unspecified atom stereocenters. The molecule has 2 aliphatic heterocycles. The number of hydrogen-bond acceptors (Lipinski definition) is 5. The van der Waals surface area contributed by atoms with E-state index < -0.39 is 29.8 Å². The van der Waals surface area contributed by atoms with Gasteiger partial charge in [-0.05, 0) is 37.8 Å². The molecule has 4 heterocycles. The van der Waals surface area contributed by atoms with E-state index in [0.717, 1.165) is 22.2 Å². The van der Waals surface area contributed by atoms with Gasteiger partial charge in [-0.3, -0.25) is 14.3 Å². The first-order valence-electron chi connectivity index (χ1n) is 12.2. The number of nitrogens with zero attached hydrogens (tertiary/aromatic N) is 5. The molecule has 2 N–H and O–H groups in total. The predicted molar refractivity (Wildman–Crippen MR) is 127 cm³/mol. The van der Waals surface area contributed by atoms with Crippen LogP contribution in [0.1, 0.15) is 47.7 Å². The maximum atomic E-state index is 14.1. The van der Waals surface area contributed by atoms with E-state index in [1.807, 2.05) is 12.1 Å².